The number of piperidine rings is 1. The number of nitrogens with zero attached hydrogens (tertiary/aromatic N) is 3. The van der Waals surface area contributed by atoms with Gasteiger partial charge >= 0.3 is 0 Å². The summed E-state index contributed by atoms with van der Waals surface area (Å²) in [5, 5.41) is 10.8. The van der Waals surface area contributed by atoms with E-state index in [0.29, 0.717) is 5.56 Å². The largest absolute Gasteiger partial charge is 0.378 e. The van der Waals surface area contributed by atoms with E-state index in [2.05, 4.69) is 38.6 Å². The summed E-state index contributed by atoms with van der Waals surface area (Å²) in [6.07, 6.45) is 2.01. The van der Waals surface area contributed by atoms with Crippen LogP contribution in [0.15, 0.2) is 60.7 Å². The fourth-order valence-corrected chi connectivity index (χ4v) is 3.72. The van der Waals surface area contributed by atoms with Gasteiger partial charge in [-0.3, -0.25) is 9.89 Å². The molecule has 1 amide bonds. The van der Waals surface area contributed by atoms with E-state index in [9.17, 15) is 4.79 Å². The van der Waals surface area contributed by atoms with Crippen molar-refractivity contribution < 1.29 is 4.79 Å². The molecule has 29 heavy (non-hydrogen) atoms. The number of nitrogens with one attached hydrogen (secondary N) is 2. The van der Waals surface area contributed by atoms with Crippen molar-refractivity contribution in [2.75, 3.05) is 37.0 Å². The highest BCUT2D eigenvalue weighted by Gasteiger charge is 2.23. The van der Waals surface area contributed by atoms with Gasteiger partial charge in [0.1, 0.15) is 0 Å². The van der Waals surface area contributed by atoms with Crippen LogP contribution in [0.4, 0.5) is 11.5 Å². The lowest BCUT2D eigenvalue weighted by Crippen LogP contribution is -2.48. The molecule has 1 saturated heterocycles. The van der Waals surface area contributed by atoms with Crippen molar-refractivity contribution >= 4 is 17.4 Å². The normalized spacial score (nSPS) is 16.5. The zero-order valence-corrected chi connectivity index (χ0v) is 16.9. The average Bonchev–Trinajstić information content (AvgIpc) is 3.25. The Balaban J connectivity index is 1.39. The molecule has 1 fully saturated rings. The lowest BCUT2D eigenvalue weighted by molar-refractivity contribution is 0.0933. The molecule has 2 aromatic carbocycles. The van der Waals surface area contributed by atoms with Gasteiger partial charge in [-0.1, -0.05) is 30.3 Å². The molecule has 1 aliphatic heterocycles. The van der Waals surface area contributed by atoms with Gasteiger partial charge < -0.3 is 15.1 Å². The molecule has 6 heteroatoms. The Morgan fingerprint density at radius 3 is 2.62 bits per heavy atom. The highest BCUT2D eigenvalue weighted by Crippen LogP contribution is 2.24. The first-order chi connectivity index (χ1) is 14.1. The Morgan fingerprint density at radius 1 is 1.14 bits per heavy atom. The van der Waals surface area contributed by atoms with Crippen LogP contribution in [0.25, 0.3) is 11.3 Å². The van der Waals surface area contributed by atoms with Crippen LogP contribution in [0, 0.1) is 0 Å². The minimum Gasteiger partial charge on any atom is -0.378 e. The van der Waals surface area contributed by atoms with Gasteiger partial charge in [-0.15, -0.1) is 0 Å². The van der Waals surface area contributed by atoms with Crippen molar-refractivity contribution in [3.63, 3.8) is 0 Å². The van der Waals surface area contributed by atoms with Crippen molar-refractivity contribution in [1.82, 2.24) is 15.5 Å². The highest BCUT2D eigenvalue weighted by molar-refractivity contribution is 5.94. The van der Waals surface area contributed by atoms with Crippen molar-refractivity contribution in [2.45, 2.75) is 18.9 Å². The van der Waals surface area contributed by atoms with Gasteiger partial charge in [-0.25, -0.2) is 0 Å². The zero-order valence-electron chi connectivity index (χ0n) is 16.9. The third kappa shape index (κ3) is 4.42. The first-order valence-corrected chi connectivity index (χ1v) is 10.0. The van der Waals surface area contributed by atoms with E-state index in [1.807, 2.05) is 61.5 Å². The Morgan fingerprint density at radius 2 is 1.90 bits per heavy atom. The first-order valence-electron chi connectivity index (χ1n) is 10.0. The third-order valence-corrected chi connectivity index (χ3v) is 5.38. The molecule has 1 atom stereocenters. The summed E-state index contributed by atoms with van der Waals surface area (Å²) in [5.41, 5.74) is 3.90. The standard InChI is InChI=1S/C23H27N5O/c1-27(2)20-12-10-18(11-13-20)23(29)24-19-9-6-14-28(16-19)22-15-21(25-26-22)17-7-4-3-5-8-17/h3-5,7-8,10-13,15,19H,6,9,14,16H2,1-2H3,(H,24,29)(H,25,26)/t19-/m1/s1. The van der Waals surface area contributed by atoms with Crippen molar-refractivity contribution in [1.29, 1.82) is 0 Å². The molecule has 0 radical (unpaired) electrons. The molecule has 0 bridgehead atoms. The summed E-state index contributed by atoms with van der Waals surface area (Å²) in [7, 11) is 3.98. The van der Waals surface area contributed by atoms with Crippen LogP contribution >= 0.6 is 0 Å². The fraction of sp³-hybridized carbons (Fsp3) is 0.304. The zero-order chi connectivity index (χ0) is 20.2. The third-order valence-electron chi connectivity index (χ3n) is 5.38. The van der Waals surface area contributed by atoms with Gasteiger partial charge in [0.15, 0.2) is 5.82 Å². The minimum atomic E-state index is -0.0193. The van der Waals surface area contributed by atoms with E-state index >= 15 is 0 Å². The molecule has 2 heterocycles. The molecule has 150 valence electrons. The number of hydrogen-bond donors (Lipinski definition) is 2. The molecule has 0 spiro atoms. The quantitative estimate of drug-likeness (QED) is 0.701. The van der Waals surface area contributed by atoms with Gasteiger partial charge in [0.25, 0.3) is 5.91 Å². The van der Waals surface area contributed by atoms with Gasteiger partial charge in [0, 0.05) is 50.5 Å². The summed E-state index contributed by atoms with van der Waals surface area (Å²) in [5.74, 6) is 0.910. The molecule has 3 aromatic rings. The summed E-state index contributed by atoms with van der Waals surface area (Å²) in [6.45, 7) is 1.71. The lowest BCUT2D eigenvalue weighted by atomic mass is 10.0. The Labute approximate surface area is 171 Å². The number of benzene rings is 2. The van der Waals surface area contributed by atoms with Crippen LogP contribution in [0.2, 0.25) is 0 Å². The smallest absolute Gasteiger partial charge is 0.251 e. The molecule has 6 nitrogen and oxygen atoms in total. The fourth-order valence-electron chi connectivity index (χ4n) is 3.72. The van der Waals surface area contributed by atoms with Gasteiger partial charge in [-0.2, -0.15) is 5.10 Å². The van der Waals surface area contributed by atoms with E-state index in [-0.39, 0.29) is 11.9 Å². The van der Waals surface area contributed by atoms with Crippen LogP contribution in [-0.4, -0.2) is 49.3 Å². The second kappa shape index (κ2) is 8.39. The number of H-pyrrole nitrogens is 1. The number of anilines is 2. The van der Waals surface area contributed by atoms with E-state index in [0.717, 1.165) is 48.7 Å². The van der Waals surface area contributed by atoms with Crippen LogP contribution < -0.4 is 15.1 Å². The van der Waals surface area contributed by atoms with Crippen LogP contribution in [0.5, 0.6) is 0 Å². The number of hydrogen-bond acceptors (Lipinski definition) is 4. The second-order valence-electron chi connectivity index (χ2n) is 7.71. The number of carbonyl (C=O) groups is 1. The van der Waals surface area contributed by atoms with E-state index < -0.39 is 0 Å². The number of carbonyl (C=O) groups excluding carboxylic acids is 1. The molecule has 1 aliphatic rings. The predicted octanol–water partition coefficient (Wildman–Crippen LogP) is 3.54. The average molecular weight is 390 g/mol. The van der Waals surface area contributed by atoms with Crippen LogP contribution in [-0.2, 0) is 0 Å². The Kier molecular flexibility index (Phi) is 5.51. The summed E-state index contributed by atoms with van der Waals surface area (Å²) in [6, 6.07) is 20.1. The van der Waals surface area contributed by atoms with Crippen molar-refractivity contribution in [3.8, 4) is 11.3 Å². The summed E-state index contributed by atoms with van der Waals surface area (Å²) >= 11 is 0. The number of amides is 1. The molecule has 4 rings (SSSR count). The summed E-state index contributed by atoms with van der Waals surface area (Å²) < 4.78 is 0. The second-order valence-corrected chi connectivity index (χ2v) is 7.71. The van der Waals surface area contributed by atoms with E-state index in [4.69, 9.17) is 0 Å². The van der Waals surface area contributed by atoms with Crippen LogP contribution in [0.3, 0.4) is 0 Å². The van der Waals surface area contributed by atoms with E-state index in [1.165, 1.54) is 0 Å². The van der Waals surface area contributed by atoms with Gasteiger partial charge in [0.2, 0.25) is 0 Å². The summed E-state index contributed by atoms with van der Waals surface area (Å²) in [4.78, 5) is 16.9. The Bertz CT molecular complexity index is 949. The van der Waals surface area contributed by atoms with Crippen LogP contribution in [0.1, 0.15) is 23.2 Å². The van der Waals surface area contributed by atoms with Crippen molar-refractivity contribution in [2.24, 2.45) is 0 Å². The maximum Gasteiger partial charge on any atom is 0.251 e. The molecular weight excluding hydrogens is 362 g/mol. The SMILES string of the molecule is CN(C)c1ccc(C(=O)N[C@@H]2CCCN(c3cc(-c4ccccc4)[nH]n3)C2)cc1. The van der Waals surface area contributed by atoms with E-state index in [1.54, 1.807) is 0 Å². The number of aromatic amines is 1. The predicted molar refractivity (Wildman–Crippen MR) is 117 cm³/mol. The maximum atomic E-state index is 12.7. The monoisotopic (exact) mass is 389 g/mol. The topological polar surface area (TPSA) is 64.3 Å². The molecule has 0 aliphatic carbocycles. The number of aromatic nitrogens is 2. The molecule has 0 saturated carbocycles. The Hall–Kier alpha value is -3.28. The highest BCUT2D eigenvalue weighted by atomic mass is 16.1. The van der Waals surface area contributed by atoms with Gasteiger partial charge in [-0.05, 0) is 42.7 Å². The maximum absolute atomic E-state index is 12.7. The first kappa shape index (κ1) is 19.1. The molecule has 1 aromatic heterocycles. The molecule has 2 N–H and O–H groups in total. The molecule has 0 unspecified atom stereocenters. The van der Waals surface area contributed by atoms with Crippen molar-refractivity contribution in [3.05, 3.63) is 66.2 Å². The minimum absolute atomic E-state index is 0.0193. The molecular formula is C23H27N5O. The lowest BCUT2D eigenvalue weighted by Gasteiger charge is -2.33. The number of rotatable bonds is 5. The van der Waals surface area contributed by atoms with Gasteiger partial charge in [0.05, 0.1) is 5.69 Å².